The van der Waals surface area contributed by atoms with Crippen LogP contribution >= 0.6 is 23.2 Å². The molecule has 1 unspecified atom stereocenters. The highest BCUT2D eigenvalue weighted by Gasteiger charge is 2.06. The summed E-state index contributed by atoms with van der Waals surface area (Å²) in [4.78, 5) is 17.9. The second kappa shape index (κ2) is 13.5. The predicted octanol–water partition coefficient (Wildman–Crippen LogP) is 4.34. The van der Waals surface area contributed by atoms with Gasteiger partial charge in [-0.15, -0.1) is 0 Å². The van der Waals surface area contributed by atoms with E-state index in [9.17, 15) is 4.79 Å². The first-order chi connectivity index (χ1) is 12.9. The van der Waals surface area contributed by atoms with E-state index in [1.807, 2.05) is 18.3 Å². The Bertz CT molecular complexity index is 664. The predicted molar refractivity (Wildman–Crippen MR) is 109 cm³/mol. The van der Waals surface area contributed by atoms with Gasteiger partial charge < -0.3 is 9.84 Å². The summed E-state index contributed by atoms with van der Waals surface area (Å²) in [7, 11) is 5.31. The normalized spacial score (nSPS) is 15.1. The molecule has 2 radical (unpaired) electrons. The Morgan fingerprint density at radius 3 is 2.11 bits per heavy atom. The van der Waals surface area contributed by atoms with Crippen molar-refractivity contribution < 1.29 is 14.6 Å². The minimum atomic E-state index is -0.867. The number of aryl methyl sites for hydroxylation is 1. The van der Waals surface area contributed by atoms with Crippen molar-refractivity contribution in [3.63, 3.8) is 0 Å². The fourth-order valence-electron chi connectivity index (χ4n) is 2.13. The highest BCUT2D eigenvalue weighted by Crippen LogP contribution is 2.07. The first-order valence-electron chi connectivity index (χ1n) is 8.70. The number of hydrogen-bond acceptors (Lipinski definition) is 4. The summed E-state index contributed by atoms with van der Waals surface area (Å²) in [5.41, 5.74) is 1.91. The number of rotatable bonds is 4. The van der Waals surface area contributed by atoms with Crippen molar-refractivity contribution in [2.75, 3.05) is 6.61 Å². The van der Waals surface area contributed by atoms with Gasteiger partial charge in [0.15, 0.2) is 0 Å². The first-order valence-corrected chi connectivity index (χ1v) is 9.46. The fraction of sp³-hybridized carbons (Fsp3) is 0.421. The van der Waals surface area contributed by atoms with E-state index in [0.29, 0.717) is 15.9 Å². The molecule has 0 spiro atoms. The Kier molecular flexibility index (Phi) is 11.7. The molecule has 1 aliphatic rings. The van der Waals surface area contributed by atoms with Crippen molar-refractivity contribution in [2.45, 2.75) is 45.0 Å². The summed E-state index contributed by atoms with van der Waals surface area (Å²) < 4.78 is 4.93. The zero-order valence-corrected chi connectivity index (χ0v) is 16.8. The SMILES string of the molecule is CCCc1ccc(Cl)nc1.O=C(O)Cc1ccc(Cl)nc1.[B]C1CCCO1. The van der Waals surface area contributed by atoms with Crippen LogP contribution in [0.1, 0.15) is 37.3 Å². The van der Waals surface area contributed by atoms with Crippen molar-refractivity contribution in [1.29, 1.82) is 0 Å². The van der Waals surface area contributed by atoms with E-state index in [-0.39, 0.29) is 12.4 Å². The van der Waals surface area contributed by atoms with Crippen molar-refractivity contribution in [3.05, 3.63) is 58.1 Å². The number of aliphatic carboxylic acids is 1. The number of halogens is 2. The van der Waals surface area contributed by atoms with Crippen LogP contribution in [0.4, 0.5) is 0 Å². The molecule has 5 nitrogen and oxygen atoms in total. The highest BCUT2D eigenvalue weighted by atomic mass is 35.5. The minimum absolute atomic E-state index is 0.00975. The Morgan fingerprint density at radius 1 is 1.19 bits per heavy atom. The molecule has 1 aliphatic heterocycles. The van der Waals surface area contributed by atoms with Crippen molar-refractivity contribution in [1.82, 2.24) is 9.97 Å². The summed E-state index contributed by atoms with van der Waals surface area (Å²) in [5, 5.41) is 9.32. The Labute approximate surface area is 171 Å². The lowest BCUT2D eigenvalue weighted by atomic mass is 9.98. The van der Waals surface area contributed by atoms with Gasteiger partial charge in [0, 0.05) is 25.0 Å². The Hall–Kier alpha value is -1.63. The van der Waals surface area contributed by atoms with E-state index >= 15 is 0 Å². The molecule has 0 aromatic carbocycles. The zero-order valence-electron chi connectivity index (χ0n) is 15.3. The molecule has 0 saturated carbocycles. The average Bonchev–Trinajstić information content (AvgIpc) is 3.11. The van der Waals surface area contributed by atoms with E-state index in [4.69, 9.17) is 40.9 Å². The molecule has 1 N–H and O–H groups in total. The quantitative estimate of drug-likeness (QED) is 0.601. The van der Waals surface area contributed by atoms with Crippen LogP contribution in [0.15, 0.2) is 36.7 Å². The maximum Gasteiger partial charge on any atom is 0.307 e. The van der Waals surface area contributed by atoms with Crippen LogP contribution in [0.5, 0.6) is 0 Å². The number of carboxylic acids is 1. The molecule has 1 saturated heterocycles. The molecule has 2 aromatic heterocycles. The lowest BCUT2D eigenvalue weighted by Gasteiger charge is -1.95. The lowest BCUT2D eigenvalue weighted by Crippen LogP contribution is -2.01. The molecule has 3 heterocycles. The first kappa shape index (κ1) is 23.4. The molecule has 8 heteroatoms. The summed E-state index contributed by atoms with van der Waals surface area (Å²) >= 11 is 11.1. The van der Waals surface area contributed by atoms with Gasteiger partial charge in [-0.1, -0.05) is 48.7 Å². The molecule has 0 bridgehead atoms. The maximum atomic E-state index is 10.2. The van der Waals surface area contributed by atoms with E-state index < -0.39 is 5.97 Å². The van der Waals surface area contributed by atoms with Gasteiger partial charge >= 0.3 is 5.97 Å². The molecule has 0 aliphatic carbocycles. The minimum Gasteiger partial charge on any atom is -0.481 e. The van der Waals surface area contributed by atoms with Gasteiger partial charge in [0.2, 0.25) is 0 Å². The van der Waals surface area contributed by atoms with Crippen LogP contribution in [0.25, 0.3) is 0 Å². The summed E-state index contributed by atoms with van der Waals surface area (Å²) in [6, 6.07) is 7.10. The van der Waals surface area contributed by atoms with E-state index in [1.165, 1.54) is 11.8 Å². The van der Waals surface area contributed by atoms with Gasteiger partial charge in [-0.2, -0.15) is 0 Å². The van der Waals surface area contributed by atoms with E-state index in [1.54, 1.807) is 12.1 Å². The van der Waals surface area contributed by atoms with Gasteiger partial charge in [-0.25, -0.2) is 9.97 Å². The molecule has 1 fully saturated rings. The van der Waals surface area contributed by atoms with Gasteiger partial charge in [0.1, 0.15) is 18.2 Å². The van der Waals surface area contributed by atoms with Gasteiger partial charge in [0.25, 0.3) is 0 Å². The number of carbonyl (C=O) groups is 1. The van der Waals surface area contributed by atoms with Crippen LogP contribution in [0.2, 0.25) is 10.3 Å². The number of pyridine rings is 2. The van der Waals surface area contributed by atoms with E-state index in [2.05, 4.69) is 16.9 Å². The topological polar surface area (TPSA) is 72.3 Å². The summed E-state index contributed by atoms with van der Waals surface area (Å²) in [6.07, 6.45) is 7.70. The van der Waals surface area contributed by atoms with Crippen molar-refractivity contribution in [3.8, 4) is 0 Å². The largest absolute Gasteiger partial charge is 0.481 e. The monoisotopic (exact) mass is 408 g/mol. The molecule has 1 atom stereocenters. The lowest BCUT2D eigenvalue weighted by molar-refractivity contribution is -0.136. The molecule has 144 valence electrons. The van der Waals surface area contributed by atoms with Gasteiger partial charge in [-0.05, 0) is 42.5 Å². The maximum absolute atomic E-state index is 10.2. The van der Waals surface area contributed by atoms with Gasteiger partial charge in [-0.3, -0.25) is 4.79 Å². The zero-order chi connectivity index (χ0) is 20.1. The molecular weight excluding hydrogens is 386 g/mol. The molecule has 27 heavy (non-hydrogen) atoms. The second-order valence-corrected chi connectivity index (χ2v) is 6.62. The standard InChI is InChI=1S/C8H10ClN.C7H6ClNO2.C4H7BO/c1-2-3-7-4-5-8(9)10-6-7;8-6-2-1-5(4-9-6)3-7(10)11;5-4-2-1-3-6-4/h4-6H,2-3H2,1H3;1-2,4H,3H2,(H,10,11);4H,1-3H2. The van der Waals surface area contributed by atoms with Crippen molar-refractivity contribution in [2.24, 2.45) is 0 Å². The van der Waals surface area contributed by atoms with Crippen molar-refractivity contribution >= 4 is 37.0 Å². The van der Waals surface area contributed by atoms with Crippen LogP contribution in [-0.4, -0.2) is 41.5 Å². The fourth-order valence-corrected chi connectivity index (χ4v) is 2.35. The third-order valence-corrected chi connectivity index (χ3v) is 3.88. The van der Waals surface area contributed by atoms with Crippen LogP contribution in [-0.2, 0) is 22.4 Å². The smallest absolute Gasteiger partial charge is 0.307 e. The third kappa shape index (κ3) is 11.6. The number of aromatic nitrogens is 2. The van der Waals surface area contributed by atoms with E-state index in [0.717, 1.165) is 32.3 Å². The highest BCUT2D eigenvalue weighted by molar-refractivity contribution is 6.29. The Balaban J connectivity index is 0.000000211. The number of nitrogens with zero attached hydrogens (tertiary/aromatic N) is 2. The van der Waals surface area contributed by atoms with Gasteiger partial charge in [0.05, 0.1) is 6.42 Å². The molecule has 0 amide bonds. The number of hydrogen-bond donors (Lipinski definition) is 1. The second-order valence-electron chi connectivity index (χ2n) is 5.85. The number of ether oxygens (including phenoxy) is 1. The molecule has 2 aromatic rings. The van der Waals surface area contributed by atoms with Crippen LogP contribution in [0, 0.1) is 0 Å². The van der Waals surface area contributed by atoms with Crippen LogP contribution < -0.4 is 0 Å². The summed E-state index contributed by atoms with van der Waals surface area (Å²) in [6.45, 7) is 3.01. The summed E-state index contributed by atoms with van der Waals surface area (Å²) in [5.74, 6) is -0.867. The Morgan fingerprint density at radius 2 is 1.78 bits per heavy atom. The molecule has 3 rings (SSSR count). The van der Waals surface area contributed by atoms with Crippen LogP contribution in [0.3, 0.4) is 0 Å². The molecular formula is C19H23BCl2N2O3. The third-order valence-electron chi connectivity index (χ3n) is 3.44. The number of carboxylic acid groups (broad SMARTS) is 1. The average molecular weight is 409 g/mol.